The van der Waals surface area contributed by atoms with Gasteiger partial charge in [0.15, 0.2) is 0 Å². The second-order valence-corrected chi connectivity index (χ2v) is 2.81. The predicted octanol–water partition coefficient (Wildman–Crippen LogP) is 2.14. The molecule has 0 amide bonds. The van der Waals surface area contributed by atoms with Gasteiger partial charge < -0.3 is 5.32 Å². The lowest BCUT2D eigenvalue weighted by atomic mass is 10.1. The zero-order valence-corrected chi connectivity index (χ0v) is 7.67. The lowest BCUT2D eigenvalue weighted by Gasteiger charge is -2.16. The van der Waals surface area contributed by atoms with E-state index < -0.39 is 18.3 Å². The van der Waals surface area contributed by atoms with Crippen LogP contribution in [0.25, 0.3) is 0 Å². The van der Waals surface area contributed by atoms with E-state index in [2.05, 4.69) is 10.3 Å². The summed E-state index contributed by atoms with van der Waals surface area (Å²) in [4.78, 5) is 3.52. The second-order valence-electron chi connectivity index (χ2n) is 2.81. The first-order valence-electron chi connectivity index (χ1n) is 4.27. The van der Waals surface area contributed by atoms with Crippen molar-refractivity contribution in [1.29, 1.82) is 0 Å². The number of nitrogens with zero attached hydrogens (tertiary/aromatic N) is 1. The number of halogens is 3. The Morgan fingerprint density at radius 1 is 1.43 bits per heavy atom. The first-order valence-corrected chi connectivity index (χ1v) is 4.27. The van der Waals surface area contributed by atoms with Gasteiger partial charge in [0.1, 0.15) is 5.82 Å². The molecule has 0 aliphatic heterocycles. The van der Waals surface area contributed by atoms with Crippen LogP contribution in [0.1, 0.15) is 18.5 Å². The van der Waals surface area contributed by atoms with Crippen LogP contribution in [0.5, 0.6) is 0 Å². The van der Waals surface area contributed by atoms with E-state index in [1.54, 1.807) is 6.92 Å². The number of aromatic nitrogens is 1. The molecule has 1 N–H and O–H groups in total. The summed E-state index contributed by atoms with van der Waals surface area (Å²) < 4.78 is 37.7. The van der Waals surface area contributed by atoms with Gasteiger partial charge in [0.25, 0.3) is 6.43 Å². The highest BCUT2D eigenvalue weighted by atomic mass is 19.3. The number of rotatable bonds is 4. The lowest BCUT2D eigenvalue weighted by Crippen LogP contribution is -2.27. The van der Waals surface area contributed by atoms with Gasteiger partial charge in [0, 0.05) is 6.20 Å². The maximum absolute atomic E-state index is 12.7. The molecule has 0 fully saturated rings. The minimum absolute atomic E-state index is 0.168. The third-order valence-electron chi connectivity index (χ3n) is 1.76. The van der Waals surface area contributed by atoms with Gasteiger partial charge in [-0.2, -0.15) is 0 Å². The molecular formula is C9H11F3N2. The SMILES string of the molecule is CCNC(c1cncc(F)c1)C(F)F. The van der Waals surface area contributed by atoms with Gasteiger partial charge in [-0.15, -0.1) is 0 Å². The normalized spacial score (nSPS) is 13.2. The fraction of sp³-hybridized carbons (Fsp3) is 0.444. The molecule has 0 saturated carbocycles. The second kappa shape index (κ2) is 4.95. The standard InChI is InChI=1S/C9H11F3N2/c1-2-14-8(9(11)12)6-3-7(10)5-13-4-6/h3-5,8-9,14H,2H2,1H3. The van der Waals surface area contributed by atoms with E-state index in [0.717, 1.165) is 12.3 Å². The van der Waals surface area contributed by atoms with Crippen LogP contribution in [-0.4, -0.2) is 18.0 Å². The Morgan fingerprint density at radius 3 is 2.64 bits per heavy atom. The van der Waals surface area contributed by atoms with Gasteiger partial charge in [-0.25, -0.2) is 13.2 Å². The minimum atomic E-state index is -2.57. The van der Waals surface area contributed by atoms with Crippen molar-refractivity contribution in [1.82, 2.24) is 10.3 Å². The summed E-state index contributed by atoms with van der Waals surface area (Å²) in [5.41, 5.74) is 0.168. The van der Waals surface area contributed by atoms with Gasteiger partial charge in [0.05, 0.1) is 12.2 Å². The van der Waals surface area contributed by atoms with E-state index in [1.165, 1.54) is 6.20 Å². The van der Waals surface area contributed by atoms with Crippen molar-refractivity contribution in [3.05, 3.63) is 29.8 Å². The fourth-order valence-electron chi connectivity index (χ4n) is 1.17. The number of hydrogen-bond acceptors (Lipinski definition) is 2. The van der Waals surface area contributed by atoms with Crippen LogP contribution >= 0.6 is 0 Å². The molecule has 0 aromatic carbocycles. The van der Waals surface area contributed by atoms with Crippen molar-refractivity contribution in [2.45, 2.75) is 19.4 Å². The largest absolute Gasteiger partial charge is 0.305 e. The van der Waals surface area contributed by atoms with Crippen LogP contribution in [0.3, 0.4) is 0 Å². The first-order chi connectivity index (χ1) is 6.65. The maximum Gasteiger partial charge on any atom is 0.257 e. The third kappa shape index (κ3) is 2.70. The quantitative estimate of drug-likeness (QED) is 0.812. The number of nitrogens with one attached hydrogen (secondary N) is 1. The van der Waals surface area contributed by atoms with E-state index >= 15 is 0 Å². The molecule has 2 nitrogen and oxygen atoms in total. The third-order valence-corrected chi connectivity index (χ3v) is 1.76. The zero-order chi connectivity index (χ0) is 10.6. The Hall–Kier alpha value is -1.10. The summed E-state index contributed by atoms with van der Waals surface area (Å²) in [6.07, 6.45) is -0.348. The highest BCUT2D eigenvalue weighted by Crippen LogP contribution is 2.19. The number of alkyl halides is 2. The molecule has 0 spiro atoms. The Kier molecular flexibility index (Phi) is 3.88. The molecule has 1 atom stereocenters. The monoisotopic (exact) mass is 204 g/mol. The number of hydrogen-bond donors (Lipinski definition) is 1. The minimum Gasteiger partial charge on any atom is -0.305 e. The Bertz CT molecular complexity index is 291. The maximum atomic E-state index is 12.7. The van der Waals surface area contributed by atoms with Crippen molar-refractivity contribution in [2.75, 3.05) is 6.54 Å². The molecule has 0 aliphatic rings. The molecule has 0 radical (unpaired) electrons. The highest BCUT2D eigenvalue weighted by Gasteiger charge is 2.21. The van der Waals surface area contributed by atoms with Crippen molar-refractivity contribution in [2.24, 2.45) is 0 Å². The summed E-state index contributed by atoms with van der Waals surface area (Å²) in [7, 11) is 0. The van der Waals surface area contributed by atoms with Crippen molar-refractivity contribution >= 4 is 0 Å². The summed E-state index contributed by atoms with van der Waals surface area (Å²) in [6, 6.07) is -0.0878. The van der Waals surface area contributed by atoms with Crippen LogP contribution in [0, 0.1) is 5.82 Å². The molecule has 0 saturated heterocycles. The smallest absolute Gasteiger partial charge is 0.257 e. The zero-order valence-electron chi connectivity index (χ0n) is 7.67. The summed E-state index contributed by atoms with van der Waals surface area (Å²) in [5.74, 6) is -0.606. The molecule has 1 unspecified atom stereocenters. The van der Waals surface area contributed by atoms with E-state index in [0.29, 0.717) is 6.54 Å². The van der Waals surface area contributed by atoms with E-state index in [1.807, 2.05) is 0 Å². The van der Waals surface area contributed by atoms with Crippen LogP contribution < -0.4 is 5.32 Å². The summed E-state index contributed by atoms with van der Waals surface area (Å²) in [6.45, 7) is 2.10. The van der Waals surface area contributed by atoms with Crippen LogP contribution in [0.4, 0.5) is 13.2 Å². The van der Waals surface area contributed by atoms with Gasteiger partial charge >= 0.3 is 0 Å². The summed E-state index contributed by atoms with van der Waals surface area (Å²) >= 11 is 0. The predicted molar refractivity (Wildman–Crippen MR) is 46.6 cm³/mol. The van der Waals surface area contributed by atoms with E-state index in [-0.39, 0.29) is 5.56 Å². The highest BCUT2D eigenvalue weighted by molar-refractivity contribution is 5.15. The van der Waals surface area contributed by atoms with E-state index in [4.69, 9.17) is 0 Å². The fourth-order valence-corrected chi connectivity index (χ4v) is 1.17. The Balaban J connectivity index is 2.87. The molecule has 14 heavy (non-hydrogen) atoms. The summed E-state index contributed by atoms with van der Waals surface area (Å²) in [5, 5.41) is 2.57. The van der Waals surface area contributed by atoms with Gasteiger partial charge in [-0.3, -0.25) is 4.98 Å². The van der Waals surface area contributed by atoms with Crippen molar-refractivity contribution in [3.8, 4) is 0 Å². The molecule has 1 rings (SSSR count). The first kappa shape index (κ1) is 11.0. The molecule has 0 aliphatic carbocycles. The molecular weight excluding hydrogens is 193 g/mol. The van der Waals surface area contributed by atoms with Crippen LogP contribution in [0.15, 0.2) is 18.5 Å². The van der Waals surface area contributed by atoms with Crippen LogP contribution in [-0.2, 0) is 0 Å². The molecule has 78 valence electrons. The lowest BCUT2D eigenvalue weighted by molar-refractivity contribution is 0.0990. The molecule has 0 bridgehead atoms. The van der Waals surface area contributed by atoms with Gasteiger partial charge in [0.2, 0.25) is 0 Å². The van der Waals surface area contributed by atoms with Gasteiger partial charge in [-0.05, 0) is 18.2 Å². The Morgan fingerprint density at radius 2 is 2.14 bits per heavy atom. The average molecular weight is 204 g/mol. The van der Waals surface area contributed by atoms with Gasteiger partial charge in [-0.1, -0.05) is 6.92 Å². The van der Waals surface area contributed by atoms with Crippen LogP contribution in [0.2, 0.25) is 0 Å². The van der Waals surface area contributed by atoms with E-state index in [9.17, 15) is 13.2 Å². The van der Waals surface area contributed by atoms with Crippen molar-refractivity contribution < 1.29 is 13.2 Å². The number of pyridine rings is 1. The molecule has 5 heteroatoms. The topological polar surface area (TPSA) is 24.9 Å². The average Bonchev–Trinajstić information content (AvgIpc) is 2.13. The molecule has 1 aromatic rings. The molecule has 1 heterocycles. The molecule has 1 aromatic heterocycles. The Labute approximate surface area is 80.2 Å². The van der Waals surface area contributed by atoms with Crippen molar-refractivity contribution in [3.63, 3.8) is 0 Å².